The molecule has 2 aliphatic heterocycles. The monoisotopic (exact) mass is 417 g/mol. The van der Waals surface area contributed by atoms with Crippen LogP contribution in [0, 0.1) is 17.8 Å². The van der Waals surface area contributed by atoms with E-state index >= 15 is 0 Å². The van der Waals surface area contributed by atoms with Crippen LogP contribution in [0.2, 0.25) is 0 Å². The topological polar surface area (TPSA) is 55.8 Å². The molecule has 3 aliphatic rings. The number of imide groups is 1. The first-order valence-corrected chi connectivity index (χ1v) is 10.8. The molecule has 2 fully saturated rings. The summed E-state index contributed by atoms with van der Waals surface area (Å²) in [6.07, 6.45) is 2.68. The third-order valence-corrected chi connectivity index (χ3v) is 7.27. The number of carbonyl (C=O) groups is 2. The highest BCUT2D eigenvalue weighted by Gasteiger charge is 2.60. The van der Waals surface area contributed by atoms with E-state index in [1.807, 2.05) is 55.5 Å². The van der Waals surface area contributed by atoms with Gasteiger partial charge in [0.1, 0.15) is 5.76 Å². The lowest BCUT2D eigenvalue weighted by atomic mass is 9.62. The number of fused-ring (bicyclic) bond motifs is 3. The Labute approximate surface area is 182 Å². The summed E-state index contributed by atoms with van der Waals surface area (Å²) in [7, 11) is 3.26. The number of rotatable bonds is 3. The van der Waals surface area contributed by atoms with Gasteiger partial charge in [-0.15, -0.1) is 0 Å². The van der Waals surface area contributed by atoms with Crippen LogP contribution < -0.4 is 0 Å². The van der Waals surface area contributed by atoms with Crippen molar-refractivity contribution < 1.29 is 19.1 Å². The Kier molecular flexibility index (Phi) is 4.74. The Morgan fingerprint density at radius 1 is 0.903 bits per heavy atom. The minimum Gasteiger partial charge on any atom is -0.467 e. The van der Waals surface area contributed by atoms with Gasteiger partial charge in [-0.1, -0.05) is 60.7 Å². The average molecular weight is 418 g/mol. The molecule has 0 bridgehead atoms. The fourth-order valence-corrected chi connectivity index (χ4v) is 5.68. The van der Waals surface area contributed by atoms with Gasteiger partial charge in [-0.05, 0) is 17.2 Å². The summed E-state index contributed by atoms with van der Waals surface area (Å²) in [5, 5.41) is 0. The lowest BCUT2D eigenvalue weighted by Gasteiger charge is -2.48. The van der Waals surface area contributed by atoms with E-state index in [4.69, 9.17) is 9.47 Å². The number of amides is 2. The maximum absolute atomic E-state index is 13.4. The highest BCUT2D eigenvalue weighted by molar-refractivity contribution is 6.06. The summed E-state index contributed by atoms with van der Waals surface area (Å²) in [4.78, 5) is 27.9. The number of benzene rings is 2. The van der Waals surface area contributed by atoms with Crippen LogP contribution in [0.1, 0.15) is 36.3 Å². The van der Waals surface area contributed by atoms with Gasteiger partial charge in [0.05, 0.1) is 11.8 Å². The van der Waals surface area contributed by atoms with E-state index in [0.717, 1.165) is 16.9 Å². The number of nitrogens with zero attached hydrogens (tertiary/aromatic N) is 1. The van der Waals surface area contributed by atoms with Crippen LogP contribution in [0.4, 0.5) is 0 Å². The van der Waals surface area contributed by atoms with Crippen molar-refractivity contribution in [1.29, 1.82) is 0 Å². The van der Waals surface area contributed by atoms with Crippen molar-refractivity contribution in [2.24, 2.45) is 17.8 Å². The zero-order valence-electron chi connectivity index (χ0n) is 18.0. The molecule has 1 aliphatic carbocycles. The Morgan fingerprint density at radius 3 is 2.10 bits per heavy atom. The lowest BCUT2D eigenvalue weighted by Crippen LogP contribution is -2.48. The maximum Gasteiger partial charge on any atom is 0.233 e. The first kappa shape index (κ1) is 20.0. The Morgan fingerprint density at radius 2 is 1.48 bits per heavy atom. The predicted molar refractivity (Wildman–Crippen MR) is 116 cm³/mol. The first-order chi connectivity index (χ1) is 14.9. The summed E-state index contributed by atoms with van der Waals surface area (Å²) < 4.78 is 12.2. The molecule has 5 rings (SSSR count). The van der Waals surface area contributed by atoms with Crippen molar-refractivity contribution in [3.8, 4) is 0 Å². The zero-order chi connectivity index (χ0) is 21.8. The summed E-state index contributed by atoms with van der Waals surface area (Å²) in [6, 6.07) is 20.1. The molecule has 0 unspecified atom stereocenters. The molecule has 2 heterocycles. The molecule has 31 heavy (non-hydrogen) atoms. The highest BCUT2D eigenvalue weighted by Crippen LogP contribution is 2.57. The predicted octanol–water partition coefficient (Wildman–Crippen LogP) is 4.08. The van der Waals surface area contributed by atoms with Gasteiger partial charge >= 0.3 is 0 Å². The van der Waals surface area contributed by atoms with Gasteiger partial charge in [0.15, 0.2) is 0 Å². The zero-order valence-corrected chi connectivity index (χ0v) is 18.0. The van der Waals surface area contributed by atoms with Crippen LogP contribution in [0.15, 0.2) is 72.5 Å². The second-order valence-electron chi connectivity index (χ2n) is 8.98. The van der Waals surface area contributed by atoms with E-state index in [1.54, 1.807) is 14.2 Å². The van der Waals surface area contributed by atoms with E-state index in [2.05, 4.69) is 18.2 Å². The second-order valence-corrected chi connectivity index (χ2v) is 8.98. The Hall–Kier alpha value is -2.92. The van der Waals surface area contributed by atoms with E-state index in [0.29, 0.717) is 6.42 Å². The van der Waals surface area contributed by atoms with E-state index in [-0.39, 0.29) is 29.6 Å². The van der Waals surface area contributed by atoms with Crippen LogP contribution in [0.5, 0.6) is 0 Å². The molecule has 0 aromatic heterocycles. The van der Waals surface area contributed by atoms with E-state index < -0.39 is 17.6 Å². The van der Waals surface area contributed by atoms with Crippen molar-refractivity contribution >= 4 is 11.8 Å². The quantitative estimate of drug-likeness (QED) is 0.706. The molecule has 0 radical (unpaired) electrons. The fourth-order valence-electron chi connectivity index (χ4n) is 5.68. The van der Waals surface area contributed by atoms with Crippen molar-refractivity contribution in [1.82, 2.24) is 4.90 Å². The van der Waals surface area contributed by atoms with Gasteiger partial charge in [0, 0.05) is 45.3 Å². The smallest absolute Gasteiger partial charge is 0.233 e. The minimum absolute atomic E-state index is 0.0126. The largest absolute Gasteiger partial charge is 0.467 e. The summed E-state index contributed by atoms with van der Waals surface area (Å²) in [5.74, 6) is -1.53. The summed E-state index contributed by atoms with van der Waals surface area (Å²) >= 11 is 0. The molecule has 2 amide bonds. The number of ether oxygens (including phenoxy) is 2. The molecule has 6 atom stereocenters. The van der Waals surface area contributed by atoms with Crippen LogP contribution in [0.3, 0.4) is 0 Å². The second kappa shape index (κ2) is 7.34. The van der Waals surface area contributed by atoms with E-state index in [9.17, 15) is 9.59 Å². The number of hydrogen-bond donors (Lipinski definition) is 0. The van der Waals surface area contributed by atoms with Crippen molar-refractivity contribution in [3.05, 3.63) is 83.6 Å². The summed E-state index contributed by atoms with van der Waals surface area (Å²) in [5.41, 5.74) is 2.15. The van der Waals surface area contributed by atoms with Crippen LogP contribution in [-0.4, -0.2) is 36.7 Å². The van der Waals surface area contributed by atoms with Crippen LogP contribution in [0.25, 0.3) is 0 Å². The third kappa shape index (κ3) is 3.10. The van der Waals surface area contributed by atoms with Gasteiger partial charge < -0.3 is 9.47 Å². The van der Waals surface area contributed by atoms with E-state index in [1.165, 1.54) is 4.90 Å². The number of likely N-dealkylation sites (tertiary alicyclic amines) is 1. The molecule has 5 heteroatoms. The van der Waals surface area contributed by atoms with Gasteiger partial charge in [0.2, 0.25) is 17.6 Å². The lowest BCUT2D eigenvalue weighted by molar-refractivity contribution is -0.223. The van der Waals surface area contributed by atoms with Gasteiger partial charge in [-0.25, -0.2) is 0 Å². The first-order valence-electron chi connectivity index (χ1n) is 10.8. The number of carbonyl (C=O) groups excluding carboxylic acids is 2. The standard InChI is InChI=1S/C26H27NO4/c1-26(30-3)15-19(17-12-8-5-9-13-17)21-20(31-26)14-18(16-10-6-4-7-11-16)22-23(21)25(29)27(2)24(22)28/h4-14,18-19,21-23H,15H2,1-3H3/t18-,19-,21-,22+,23-,26+/m0/s1. The molecule has 2 aromatic rings. The molecular weight excluding hydrogens is 390 g/mol. The highest BCUT2D eigenvalue weighted by atomic mass is 16.7. The molecule has 2 saturated heterocycles. The van der Waals surface area contributed by atoms with Crippen molar-refractivity contribution in [2.45, 2.75) is 31.0 Å². The van der Waals surface area contributed by atoms with Gasteiger partial charge in [0.25, 0.3) is 0 Å². The molecule has 0 saturated carbocycles. The Bertz CT molecular complexity index is 1030. The number of allylic oxidation sites excluding steroid dienone is 2. The normalized spacial score (nSPS) is 34.6. The van der Waals surface area contributed by atoms with Gasteiger partial charge in [-0.3, -0.25) is 14.5 Å². The molecule has 2 aromatic carbocycles. The molecule has 160 valence electrons. The number of hydrogen-bond acceptors (Lipinski definition) is 4. The SMILES string of the molecule is CO[C@@]1(C)C[C@@H](c2ccccc2)[C@H]2C(=C[C@@H](c3ccccc3)[C@H]3C(=O)N(C)C(=O)[C@H]32)O1. The van der Waals surface area contributed by atoms with Crippen molar-refractivity contribution in [2.75, 3.05) is 14.2 Å². The van der Waals surface area contributed by atoms with Crippen LogP contribution >= 0.6 is 0 Å². The number of methoxy groups -OCH3 is 1. The molecule has 5 nitrogen and oxygen atoms in total. The third-order valence-electron chi connectivity index (χ3n) is 7.27. The molecule has 0 N–H and O–H groups in total. The molecule has 0 spiro atoms. The van der Waals surface area contributed by atoms with Crippen LogP contribution in [-0.2, 0) is 19.1 Å². The molecular formula is C26H27NO4. The summed E-state index contributed by atoms with van der Waals surface area (Å²) in [6.45, 7) is 1.94. The fraction of sp³-hybridized carbons (Fsp3) is 0.385. The van der Waals surface area contributed by atoms with Crippen molar-refractivity contribution in [3.63, 3.8) is 0 Å². The Balaban J connectivity index is 1.69. The van der Waals surface area contributed by atoms with Gasteiger partial charge in [-0.2, -0.15) is 0 Å². The average Bonchev–Trinajstić information content (AvgIpc) is 3.03. The maximum atomic E-state index is 13.4. The minimum atomic E-state index is -0.797.